The molecule has 1 aromatic carbocycles. The quantitative estimate of drug-likeness (QED) is 0.938. The Bertz CT molecular complexity index is 593. The molecular formula is C16H21N5. The number of nitrogen functional groups attached to an aromatic ring is 1. The van der Waals surface area contributed by atoms with Crippen LogP contribution < -0.4 is 15.5 Å². The Morgan fingerprint density at radius 1 is 1.05 bits per heavy atom. The molecule has 110 valence electrons. The lowest BCUT2D eigenvalue weighted by molar-refractivity contribution is 0.573. The highest BCUT2D eigenvalue weighted by Gasteiger charge is 2.19. The smallest absolute Gasteiger partial charge is 0.161 e. The summed E-state index contributed by atoms with van der Waals surface area (Å²) in [5, 5.41) is 0. The van der Waals surface area contributed by atoms with E-state index in [1.165, 1.54) is 19.3 Å². The lowest BCUT2D eigenvalue weighted by Gasteiger charge is -2.30. The van der Waals surface area contributed by atoms with E-state index >= 15 is 0 Å². The van der Waals surface area contributed by atoms with Gasteiger partial charge in [-0.3, -0.25) is 0 Å². The highest BCUT2D eigenvalue weighted by atomic mass is 15.2. The van der Waals surface area contributed by atoms with Crippen LogP contribution in [0.5, 0.6) is 0 Å². The van der Waals surface area contributed by atoms with Crippen molar-refractivity contribution in [1.82, 2.24) is 9.97 Å². The minimum absolute atomic E-state index is 0.658. The molecule has 0 spiro atoms. The molecule has 1 aromatic heterocycles. The van der Waals surface area contributed by atoms with Crippen molar-refractivity contribution in [2.24, 2.45) is 0 Å². The van der Waals surface area contributed by atoms with Gasteiger partial charge in [0.05, 0.1) is 0 Å². The molecule has 5 nitrogen and oxygen atoms in total. The molecule has 0 saturated carbocycles. The summed E-state index contributed by atoms with van der Waals surface area (Å²) >= 11 is 0. The van der Waals surface area contributed by atoms with Crippen LogP contribution in [-0.4, -0.2) is 30.1 Å². The Morgan fingerprint density at radius 2 is 1.76 bits per heavy atom. The monoisotopic (exact) mass is 283 g/mol. The van der Waals surface area contributed by atoms with Gasteiger partial charge in [0.25, 0.3) is 0 Å². The fourth-order valence-corrected chi connectivity index (χ4v) is 2.78. The second-order valence-corrected chi connectivity index (χ2v) is 5.38. The second kappa shape index (κ2) is 5.99. The van der Waals surface area contributed by atoms with Crippen molar-refractivity contribution in [2.45, 2.75) is 19.3 Å². The van der Waals surface area contributed by atoms with Gasteiger partial charge in [0.1, 0.15) is 12.0 Å². The summed E-state index contributed by atoms with van der Waals surface area (Å²) in [6.07, 6.45) is 5.30. The van der Waals surface area contributed by atoms with Gasteiger partial charge < -0.3 is 15.5 Å². The fraction of sp³-hybridized carbons (Fsp3) is 0.375. The van der Waals surface area contributed by atoms with Gasteiger partial charge in [-0.2, -0.15) is 0 Å². The number of hydrogen-bond acceptors (Lipinski definition) is 5. The minimum atomic E-state index is 0.658. The summed E-state index contributed by atoms with van der Waals surface area (Å²) in [5.41, 5.74) is 8.06. The van der Waals surface area contributed by atoms with Gasteiger partial charge in [-0.05, 0) is 31.4 Å². The van der Waals surface area contributed by atoms with Crippen molar-refractivity contribution < 1.29 is 0 Å². The van der Waals surface area contributed by atoms with E-state index < -0.39 is 0 Å². The molecule has 2 aromatic rings. The number of rotatable bonds is 3. The summed E-state index contributed by atoms with van der Waals surface area (Å²) in [4.78, 5) is 13.0. The Balaban J connectivity index is 1.92. The molecule has 21 heavy (non-hydrogen) atoms. The van der Waals surface area contributed by atoms with Crippen molar-refractivity contribution in [3.63, 3.8) is 0 Å². The highest BCUT2D eigenvalue weighted by Crippen LogP contribution is 2.33. The molecule has 0 unspecified atom stereocenters. The molecule has 0 amide bonds. The van der Waals surface area contributed by atoms with Crippen molar-refractivity contribution >= 4 is 23.0 Å². The summed E-state index contributed by atoms with van der Waals surface area (Å²) in [5.74, 6) is 1.62. The van der Waals surface area contributed by atoms with Gasteiger partial charge in [0, 0.05) is 25.8 Å². The first kappa shape index (κ1) is 13.7. The van der Waals surface area contributed by atoms with Crippen LogP contribution in [0.2, 0.25) is 0 Å². The van der Waals surface area contributed by atoms with E-state index in [1.807, 2.05) is 42.3 Å². The standard InChI is InChI=1S/C16H21N5/c1-20(13-8-4-2-5-9-13)15-14(17)16(19-12-18-15)21-10-6-3-7-11-21/h2,4-5,8-9,12H,3,6-7,10-11,17H2,1H3. The first-order valence-corrected chi connectivity index (χ1v) is 7.41. The van der Waals surface area contributed by atoms with Gasteiger partial charge in [0.2, 0.25) is 0 Å². The Kier molecular flexibility index (Phi) is 3.90. The van der Waals surface area contributed by atoms with E-state index in [9.17, 15) is 0 Å². The van der Waals surface area contributed by atoms with E-state index in [0.717, 1.165) is 30.4 Å². The van der Waals surface area contributed by atoms with Crippen molar-refractivity contribution in [3.8, 4) is 0 Å². The van der Waals surface area contributed by atoms with Gasteiger partial charge in [0.15, 0.2) is 11.6 Å². The number of piperidine rings is 1. The Hall–Kier alpha value is -2.30. The molecule has 0 radical (unpaired) electrons. The van der Waals surface area contributed by atoms with E-state index in [4.69, 9.17) is 5.73 Å². The van der Waals surface area contributed by atoms with Gasteiger partial charge in [-0.25, -0.2) is 9.97 Å². The highest BCUT2D eigenvalue weighted by molar-refractivity contribution is 5.79. The molecule has 1 fully saturated rings. The van der Waals surface area contributed by atoms with Crippen LogP contribution in [0.3, 0.4) is 0 Å². The maximum atomic E-state index is 6.34. The number of hydrogen-bond donors (Lipinski definition) is 1. The molecule has 1 aliphatic heterocycles. The van der Waals surface area contributed by atoms with Crippen molar-refractivity contribution in [3.05, 3.63) is 36.7 Å². The largest absolute Gasteiger partial charge is 0.393 e. The first-order valence-electron chi connectivity index (χ1n) is 7.41. The molecular weight excluding hydrogens is 262 g/mol. The average Bonchev–Trinajstić information content (AvgIpc) is 2.56. The Labute approximate surface area is 125 Å². The lowest BCUT2D eigenvalue weighted by atomic mass is 10.1. The number of para-hydroxylation sites is 1. The summed E-state index contributed by atoms with van der Waals surface area (Å²) < 4.78 is 0. The number of nitrogens with zero attached hydrogens (tertiary/aromatic N) is 4. The maximum absolute atomic E-state index is 6.34. The molecule has 0 atom stereocenters. The third-order valence-corrected chi connectivity index (χ3v) is 3.96. The molecule has 3 rings (SSSR count). The third kappa shape index (κ3) is 2.77. The number of anilines is 4. The fourth-order valence-electron chi connectivity index (χ4n) is 2.78. The normalized spacial score (nSPS) is 15.0. The van der Waals surface area contributed by atoms with Crippen LogP contribution >= 0.6 is 0 Å². The zero-order chi connectivity index (χ0) is 14.7. The van der Waals surface area contributed by atoms with E-state index in [-0.39, 0.29) is 0 Å². The average molecular weight is 283 g/mol. The topological polar surface area (TPSA) is 58.3 Å². The molecule has 0 aliphatic carbocycles. The van der Waals surface area contributed by atoms with E-state index in [1.54, 1.807) is 6.33 Å². The SMILES string of the molecule is CN(c1ccccc1)c1ncnc(N2CCCCC2)c1N. The lowest BCUT2D eigenvalue weighted by Crippen LogP contribution is -2.31. The predicted molar refractivity (Wildman–Crippen MR) is 87.0 cm³/mol. The molecule has 5 heteroatoms. The van der Waals surface area contributed by atoms with E-state index in [2.05, 4.69) is 14.9 Å². The maximum Gasteiger partial charge on any atom is 0.161 e. The summed E-state index contributed by atoms with van der Waals surface area (Å²) in [6.45, 7) is 2.05. The third-order valence-electron chi connectivity index (χ3n) is 3.96. The minimum Gasteiger partial charge on any atom is -0.393 e. The molecule has 1 saturated heterocycles. The van der Waals surface area contributed by atoms with Crippen LogP contribution in [0.4, 0.5) is 23.0 Å². The van der Waals surface area contributed by atoms with Crippen LogP contribution in [0.25, 0.3) is 0 Å². The molecule has 2 heterocycles. The number of benzene rings is 1. The first-order chi connectivity index (χ1) is 10.3. The van der Waals surface area contributed by atoms with Gasteiger partial charge >= 0.3 is 0 Å². The predicted octanol–water partition coefficient (Wildman–Crippen LogP) is 2.82. The summed E-state index contributed by atoms with van der Waals surface area (Å²) in [7, 11) is 1.98. The zero-order valence-corrected chi connectivity index (χ0v) is 12.4. The van der Waals surface area contributed by atoms with Crippen LogP contribution in [0, 0.1) is 0 Å². The Morgan fingerprint density at radius 3 is 2.48 bits per heavy atom. The van der Waals surface area contributed by atoms with Gasteiger partial charge in [-0.15, -0.1) is 0 Å². The number of nitrogens with two attached hydrogens (primary N) is 1. The number of aromatic nitrogens is 2. The summed E-state index contributed by atoms with van der Waals surface area (Å²) in [6, 6.07) is 10.1. The van der Waals surface area contributed by atoms with Crippen LogP contribution in [0.15, 0.2) is 36.7 Å². The van der Waals surface area contributed by atoms with Crippen molar-refractivity contribution in [2.75, 3.05) is 35.7 Å². The van der Waals surface area contributed by atoms with Crippen LogP contribution in [0.1, 0.15) is 19.3 Å². The van der Waals surface area contributed by atoms with E-state index in [0.29, 0.717) is 5.69 Å². The molecule has 2 N–H and O–H groups in total. The molecule has 0 bridgehead atoms. The zero-order valence-electron chi connectivity index (χ0n) is 12.4. The van der Waals surface area contributed by atoms with Gasteiger partial charge in [-0.1, -0.05) is 18.2 Å². The second-order valence-electron chi connectivity index (χ2n) is 5.38. The van der Waals surface area contributed by atoms with Crippen molar-refractivity contribution in [1.29, 1.82) is 0 Å². The van der Waals surface area contributed by atoms with Crippen LogP contribution in [-0.2, 0) is 0 Å². The molecule has 1 aliphatic rings.